The molecule has 2 heterocycles. The van der Waals surface area contributed by atoms with E-state index in [0.717, 1.165) is 0 Å². The van der Waals surface area contributed by atoms with E-state index >= 15 is 0 Å². The number of carbonyl (C=O) groups is 1. The zero-order chi connectivity index (χ0) is 13.0. The Labute approximate surface area is 104 Å². The molecule has 6 heteroatoms. The zero-order valence-electron chi connectivity index (χ0n) is 9.72. The van der Waals surface area contributed by atoms with E-state index in [9.17, 15) is 9.90 Å². The molecule has 0 saturated carbocycles. The number of hydrogen-bond donors (Lipinski definition) is 2. The number of anilines is 1. The van der Waals surface area contributed by atoms with Gasteiger partial charge in [0.25, 0.3) is 0 Å². The lowest BCUT2D eigenvalue weighted by molar-refractivity contribution is -0.145. The molecule has 0 aromatic carbocycles. The first kappa shape index (κ1) is 12.3. The lowest BCUT2D eigenvalue weighted by Crippen LogP contribution is -2.50. The van der Waals surface area contributed by atoms with E-state index in [0.29, 0.717) is 31.7 Å². The fourth-order valence-corrected chi connectivity index (χ4v) is 1.96. The normalized spacial score (nSPS) is 17.7. The van der Waals surface area contributed by atoms with Crippen molar-refractivity contribution in [1.29, 1.82) is 5.26 Å². The van der Waals surface area contributed by atoms with Crippen molar-refractivity contribution in [2.75, 3.05) is 18.5 Å². The third-order valence-corrected chi connectivity index (χ3v) is 3.01. The predicted octanol–water partition coefficient (Wildman–Crippen LogP) is 0.999. The molecular formula is C12H13N3O3. The van der Waals surface area contributed by atoms with Gasteiger partial charge in [0.05, 0.1) is 0 Å². The summed E-state index contributed by atoms with van der Waals surface area (Å²) in [6.45, 7) is 0.824. The van der Waals surface area contributed by atoms with Gasteiger partial charge in [-0.25, -0.2) is 9.78 Å². The second kappa shape index (κ2) is 5.02. The fourth-order valence-electron chi connectivity index (χ4n) is 1.96. The lowest BCUT2D eigenvalue weighted by atomic mass is 9.90. The van der Waals surface area contributed by atoms with Gasteiger partial charge in [-0.05, 0) is 12.1 Å². The van der Waals surface area contributed by atoms with Crippen molar-refractivity contribution in [2.24, 2.45) is 0 Å². The van der Waals surface area contributed by atoms with E-state index in [4.69, 9.17) is 10.00 Å². The summed E-state index contributed by atoms with van der Waals surface area (Å²) in [4.78, 5) is 15.3. The molecule has 0 aliphatic carbocycles. The van der Waals surface area contributed by atoms with Gasteiger partial charge in [0.2, 0.25) is 0 Å². The van der Waals surface area contributed by atoms with Crippen molar-refractivity contribution in [2.45, 2.75) is 18.4 Å². The van der Waals surface area contributed by atoms with Crippen molar-refractivity contribution < 1.29 is 14.6 Å². The minimum atomic E-state index is -1.02. The quantitative estimate of drug-likeness (QED) is 0.827. The molecule has 0 bridgehead atoms. The van der Waals surface area contributed by atoms with Gasteiger partial charge >= 0.3 is 5.97 Å². The first-order valence-corrected chi connectivity index (χ1v) is 5.62. The molecule has 0 unspecified atom stereocenters. The number of nitrogens with zero attached hydrogens (tertiary/aromatic N) is 2. The van der Waals surface area contributed by atoms with E-state index in [1.165, 1.54) is 6.20 Å². The van der Waals surface area contributed by atoms with Gasteiger partial charge in [-0.15, -0.1) is 0 Å². The molecule has 94 valence electrons. The molecule has 1 fully saturated rings. The molecule has 1 saturated heterocycles. The summed E-state index contributed by atoms with van der Waals surface area (Å²) < 4.78 is 5.19. The molecular weight excluding hydrogens is 234 g/mol. The number of carboxylic acids is 1. The number of hydrogen-bond acceptors (Lipinski definition) is 5. The van der Waals surface area contributed by atoms with Crippen molar-refractivity contribution >= 4 is 11.7 Å². The third-order valence-electron chi connectivity index (χ3n) is 3.01. The van der Waals surface area contributed by atoms with Crippen LogP contribution in [0, 0.1) is 11.3 Å². The first-order valence-electron chi connectivity index (χ1n) is 5.62. The summed E-state index contributed by atoms with van der Waals surface area (Å²) in [6.07, 6.45) is 2.27. The van der Waals surface area contributed by atoms with Gasteiger partial charge in [-0.1, -0.05) is 0 Å². The molecule has 0 spiro atoms. The van der Waals surface area contributed by atoms with Crippen LogP contribution in [0.25, 0.3) is 0 Å². The van der Waals surface area contributed by atoms with Crippen LogP contribution in [0.5, 0.6) is 0 Å². The average molecular weight is 247 g/mol. The van der Waals surface area contributed by atoms with Crippen LogP contribution in [0.2, 0.25) is 0 Å². The zero-order valence-corrected chi connectivity index (χ0v) is 9.72. The second-order valence-electron chi connectivity index (χ2n) is 4.17. The largest absolute Gasteiger partial charge is 0.480 e. The van der Waals surface area contributed by atoms with E-state index in [2.05, 4.69) is 10.3 Å². The van der Waals surface area contributed by atoms with Crippen molar-refractivity contribution in [3.63, 3.8) is 0 Å². The molecule has 2 N–H and O–H groups in total. The molecule has 1 aliphatic rings. The van der Waals surface area contributed by atoms with Crippen LogP contribution in [0.3, 0.4) is 0 Å². The Balaban J connectivity index is 2.23. The Bertz CT molecular complexity index is 490. The van der Waals surface area contributed by atoms with Gasteiger partial charge in [0, 0.05) is 37.9 Å². The third kappa shape index (κ3) is 2.41. The fraction of sp³-hybridized carbons (Fsp3) is 0.417. The van der Waals surface area contributed by atoms with Crippen molar-refractivity contribution in [3.8, 4) is 6.07 Å². The molecule has 1 aromatic rings. The van der Waals surface area contributed by atoms with Gasteiger partial charge < -0.3 is 15.2 Å². The van der Waals surface area contributed by atoms with Crippen LogP contribution in [0.15, 0.2) is 18.3 Å². The van der Waals surface area contributed by atoms with Crippen LogP contribution in [-0.4, -0.2) is 34.8 Å². The van der Waals surface area contributed by atoms with Gasteiger partial charge in [-0.2, -0.15) is 5.26 Å². The number of nitriles is 1. The van der Waals surface area contributed by atoms with Crippen LogP contribution in [0.1, 0.15) is 18.5 Å². The Hall–Kier alpha value is -2.13. The molecule has 0 amide bonds. The minimum Gasteiger partial charge on any atom is -0.480 e. The smallest absolute Gasteiger partial charge is 0.329 e. The molecule has 18 heavy (non-hydrogen) atoms. The van der Waals surface area contributed by atoms with Crippen molar-refractivity contribution in [3.05, 3.63) is 24.0 Å². The topological polar surface area (TPSA) is 95.2 Å². The first-order chi connectivity index (χ1) is 8.66. The highest BCUT2D eigenvalue weighted by Crippen LogP contribution is 2.26. The van der Waals surface area contributed by atoms with Crippen LogP contribution < -0.4 is 5.32 Å². The Morgan fingerprint density at radius 2 is 2.28 bits per heavy atom. The molecule has 6 nitrogen and oxygen atoms in total. The van der Waals surface area contributed by atoms with Crippen LogP contribution >= 0.6 is 0 Å². The Morgan fingerprint density at radius 3 is 2.89 bits per heavy atom. The highest BCUT2D eigenvalue weighted by atomic mass is 16.5. The molecule has 1 aliphatic heterocycles. The van der Waals surface area contributed by atoms with Gasteiger partial charge in [-0.3, -0.25) is 0 Å². The number of pyridine rings is 1. The number of aromatic nitrogens is 1. The predicted molar refractivity (Wildman–Crippen MR) is 63.0 cm³/mol. The lowest BCUT2D eigenvalue weighted by Gasteiger charge is -2.34. The highest BCUT2D eigenvalue weighted by molar-refractivity contribution is 5.83. The van der Waals surface area contributed by atoms with Crippen molar-refractivity contribution in [1.82, 2.24) is 4.98 Å². The second-order valence-corrected chi connectivity index (χ2v) is 4.17. The number of ether oxygens (including phenoxy) is 1. The maximum atomic E-state index is 11.4. The minimum absolute atomic E-state index is 0.257. The monoisotopic (exact) mass is 247 g/mol. The summed E-state index contributed by atoms with van der Waals surface area (Å²) in [5.74, 6) is -0.902. The van der Waals surface area contributed by atoms with Crippen LogP contribution in [0.4, 0.5) is 5.69 Å². The Morgan fingerprint density at radius 1 is 1.56 bits per heavy atom. The van der Waals surface area contributed by atoms with Gasteiger partial charge in [0.15, 0.2) is 0 Å². The highest BCUT2D eigenvalue weighted by Gasteiger charge is 2.40. The number of nitrogens with one attached hydrogen (secondary N) is 1. The number of rotatable bonds is 3. The summed E-state index contributed by atoms with van der Waals surface area (Å²) >= 11 is 0. The average Bonchev–Trinajstić information content (AvgIpc) is 2.40. The molecule has 0 radical (unpaired) electrons. The SMILES string of the molecule is N#Cc1cc(NC2(C(=O)O)CCOCC2)ccn1. The number of carboxylic acid groups (broad SMARTS) is 1. The molecule has 0 atom stereocenters. The summed E-state index contributed by atoms with van der Waals surface area (Å²) in [7, 11) is 0. The molecule has 1 aromatic heterocycles. The Kier molecular flexibility index (Phi) is 3.44. The summed E-state index contributed by atoms with van der Waals surface area (Å²) in [5.41, 5.74) is -0.176. The maximum absolute atomic E-state index is 11.4. The van der Waals surface area contributed by atoms with Crippen LogP contribution in [-0.2, 0) is 9.53 Å². The summed E-state index contributed by atoms with van der Waals surface area (Å²) in [6, 6.07) is 5.12. The standard InChI is InChI=1S/C12H13N3O3/c13-8-10-7-9(1-4-14-10)15-12(11(16)17)2-5-18-6-3-12/h1,4,7H,2-3,5-6H2,(H,14,15)(H,16,17). The van der Waals surface area contributed by atoms with E-state index < -0.39 is 11.5 Å². The molecule has 2 rings (SSSR count). The number of aliphatic carboxylic acids is 1. The summed E-state index contributed by atoms with van der Waals surface area (Å²) in [5, 5.41) is 21.1. The van der Waals surface area contributed by atoms with E-state index in [1.807, 2.05) is 6.07 Å². The maximum Gasteiger partial charge on any atom is 0.329 e. The van der Waals surface area contributed by atoms with Gasteiger partial charge in [0.1, 0.15) is 17.3 Å². The van der Waals surface area contributed by atoms with E-state index in [-0.39, 0.29) is 5.69 Å². The van der Waals surface area contributed by atoms with E-state index in [1.54, 1.807) is 12.1 Å².